The summed E-state index contributed by atoms with van der Waals surface area (Å²) >= 11 is 5.98. The number of carbonyl (C=O) groups excluding carboxylic acids is 1. The highest BCUT2D eigenvalue weighted by Crippen LogP contribution is 2.27. The molecule has 158 valence electrons. The number of rotatable bonds is 9. The molecular weight excluding hydrogens is 428 g/mol. The Morgan fingerprint density at radius 3 is 2.57 bits per heavy atom. The first-order chi connectivity index (χ1) is 14.4. The van der Waals surface area contributed by atoms with Crippen molar-refractivity contribution in [3.8, 4) is 5.75 Å². The molecule has 30 heavy (non-hydrogen) atoms. The molecule has 0 radical (unpaired) electrons. The quantitative estimate of drug-likeness (QED) is 0.524. The number of halogens is 1. The summed E-state index contributed by atoms with van der Waals surface area (Å²) in [6.07, 6.45) is 1.66. The van der Waals surface area contributed by atoms with E-state index in [1.54, 1.807) is 12.1 Å². The van der Waals surface area contributed by atoms with Gasteiger partial charge in [0.05, 0.1) is 19.9 Å². The molecule has 1 heterocycles. The first kappa shape index (κ1) is 21.9. The van der Waals surface area contributed by atoms with Gasteiger partial charge in [-0.05, 0) is 42.3 Å². The van der Waals surface area contributed by atoms with E-state index in [4.69, 9.17) is 20.8 Å². The molecule has 2 aromatic carbocycles. The monoisotopic (exact) mass is 448 g/mol. The summed E-state index contributed by atoms with van der Waals surface area (Å²) in [5.41, 5.74) is 0.802. The number of hydrogen-bond donors (Lipinski definition) is 2. The first-order valence-electron chi connectivity index (χ1n) is 9.09. The average Bonchev–Trinajstić information content (AvgIpc) is 3.26. The van der Waals surface area contributed by atoms with Gasteiger partial charge in [0.2, 0.25) is 15.9 Å². The molecule has 1 atom stereocenters. The van der Waals surface area contributed by atoms with Gasteiger partial charge in [-0.15, -0.1) is 0 Å². The number of methoxy groups -OCH3 is 1. The standard InChI is InChI=1S/C21H21ClN2O5S/c1-28-19-10-9-16(22)13-20(19)30(26,27)24-18(12-15-6-3-2-4-7-15)21(25)23-14-17-8-5-11-29-17/h2-11,13,18,24H,12,14H2,1H3,(H,23,25). The molecule has 0 spiro atoms. The van der Waals surface area contributed by atoms with Crippen molar-refractivity contribution in [2.45, 2.75) is 23.9 Å². The zero-order valence-electron chi connectivity index (χ0n) is 16.2. The van der Waals surface area contributed by atoms with Crippen molar-refractivity contribution in [1.82, 2.24) is 10.0 Å². The van der Waals surface area contributed by atoms with Crippen LogP contribution in [0.15, 0.2) is 76.2 Å². The second-order valence-corrected chi connectivity index (χ2v) is 8.57. The highest BCUT2D eigenvalue weighted by atomic mass is 35.5. The van der Waals surface area contributed by atoms with Gasteiger partial charge in [-0.1, -0.05) is 41.9 Å². The number of amides is 1. The largest absolute Gasteiger partial charge is 0.495 e. The molecule has 1 unspecified atom stereocenters. The molecule has 0 fully saturated rings. The van der Waals surface area contributed by atoms with E-state index in [0.29, 0.717) is 5.76 Å². The Balaban J connectivity index is 1.85. The van der Waals surface area contributed by atoms with Gasteiger partial charge in [0, 0.05) is 5.02 Å². The Morgan fingerprint density at radius 1 is 1.13 bits per heavy atom. The van der Waals surface area contributed by atoms with Crippen molar-refractivity contribution < 1.29 is 22.4 Å². The Labute approximate surface area is 180 Å². The predicted molar refractivity (Wildman–Crippen MR) is 113 cm³/mol. The SMILES string of the molecule is COc1ccc(Cl)cc1S(=O)(=O)NC(Cc1ccccc1)C(=O)NCc1ccco1. The third-order valence-corrected chi connectivity index (χ3v) is 6.06. The fraction of sp³-hybridized carbons (Fsp3) is 0.190. The van der Waals surface area contributed by atoms with Crippen LogP contribution >= 0.6 is 11.6 Å². The van der Waals surface area contributed by atoms with E-state index in [1.807, 2.05) is 30.3 Å². The molecule has 0 aliphatic heterocycles. The lowest BCUT2D eigenvalue weighted by molar-refractivity contribution is -0.122. The Kier molecular flexibility index (Phi) is 7.15. The van der Waals surface area contributed by atoms with Gasteiger partial charge in [-0.2, -0.15) is 4.72 Å². The molecule has 1 aromatic heterocycles. The molecule has 9 heteroatoms. The van der Waals surface area contributed by atoms with E-state index >= 15 is 0 Å². The highest BCUT2D eigenvalue weighted by molar-refractivity contribution is 7.89. The van der Waals surface area contributed by atoms with Gasteiger partial charge in [0.15, 0.2) is 0 Å². The van der Waals surface area contributed by atoms with Gasteiger partial charge < -0.3 is 14.5 Å². The molecule has 2 N–H and O–H groups in total. The summed E-state index contributed by atoms with van der Waals surface area (Å²) in [6, 6.07) is 15.8. The van der Waals surface area contributed by atoms with E-state index in [-0.39, 0.29) is 28.6 Å². The van der Waals surface area contributed by atoms with Crippen LogP contribution in [0.4, 0.5) is 0 Å². The van der Waals surface area contributed by atoms with Crippen molar-refractivity contribution in [2.24, 2.45) is 0 Å². The molecule has 0 bridgehead atoms. The molecule has 0 aliphatic carbocycles. The lowest BCUT2D eigenvalue weighted by Gasteiger charge is -2.19. The smallest absolute Gasteiger partial charge is 0.245 e. The van der Waals surface area contributed by atoms with Gasteiger partial charge in [-0.3, -0.25) is 4.79 Å². The number of sulfonamides is 1. The Hall–Kier alpha value is -2.81. The van der Waals surface area contributed by atoms with E-state index in [9.17, 15) is 13.2 Å². The molecule has 0 aliphatic rings. The van der Waals surface area contributed by atoms with Crippen LogP contribution in [-0.4, -0.2) is 27.5 Å². The normalized spacial score (nSPS) is 12.3. The molecule has 3 rings (SSSR count). The van der Waals surface area contributed by atoms with Gasteiger partial charge in [0.25, 0.3) is 0 Å². The lowest BCUT2D eigenvalue weighted by Crippen LogP contribution is -2.47. The van der Waals surface area contributed by atoms with Crippen molar-refractivity contribution in [3.63, 3.8) is 0 Å². The van der Waals surface area contributed by atoms with Crippen LogP contribution in [0.3, 0.4) is 0 Å². The van der Waals surface area contributed by atoms with Crippen molar-refractivity contribution >= 4 is 27.5 Å². The van der Waals surface area contributed by atoms with E-state index in [2.05, 4.69) is 10.0 Å². The number of carbonyl (C=O) groups is 1. The van der Waals surface area contributed by atoms with Gasteiger partial charge in [0.1, 0.15) is 22.4 Å². The topological polar surface area (TPSA) is 97.6 Å². The zero-order chi connectivity index (χ0) is 21.6. The Bertz CT molecular complexity index is 1090. The molecule has 1 amide bonds. The highest BCUT2D eigenvalue weighted by Gasteiger charge is 2.28. The number of nitrogens with one attached hydrogen (secondary N) is 2. The summed E-state index contributed by atoms with van der Waals surface area (Å²) in [5.74, 6) is 0.197. The minimum absolute atomic E-state index is 0.126. The molecular formula is C21H21ClN2O5S. The second kappa shape index (κ2) is 9.80. The maximum absolute atomic E-state index is 13.1. The third kappa shape index (κ3) is 5.63. The molecule has 3 aromatic rings. The van der Waals surface area contributed by atoms with E-state index < -0.39 is 22.0 Å². The summed E-state index contributed by atoms with van der Waals surface area (Å²) in [5, 5.41) is 2.94. The minimum Gasteiger partial charge on any atom is -0.495 e. The molecule has 0 saturated carbocycles. The van der Waals surface area contributed by atoms with Crippen LogP contribution < -0.4 is 14.8 Å². The van der Waals surface area contributed by atoms with E-state index in [1.165, 1.54) is 31.6 Å². The maximum atomic E-state index is 13.1. The Morgan fingerprint density at radius 2 is 1.90 bits per heavy atom. The van der Waals surface area contributed by atoms with Gasteiger partial charge in [-0.25, -0.2) is 8.42 Å². The third-order valence-electron chi connectivity index (χ3n) is 4.33. The van der Waals surface area contributed by atoms with Crippen LogP contribution in [0.1, 0.15) is 11.3 Å². The molecule has 7 nitrogen and oxygen atoms in total. The summed E-state index contributed by atoms with van der Waals surface area (Å²) in [4.78, 5) is 12.7. The predicted octanol–water partition coefficient (Wildman–Crippen LogP) is 3.15. The van der Waals surface area contributed by atoms with Crippen LogP contribution in [0.5, 0.6) is 5.75 Å². The van der Waals surface area contributed by atoms with Crippen LogP contribution in [0.2, 0.25) is 5.02 Å². The zero-order valence-corrected chi connectivity index (χ0v) is 17.7. The number of hydrogen-bond acceptors (Lipinski definition) is 5. The average molecular weight is 449 g/mol. The van der Waals surface area contributed by atoms with Crippen LogP contribution in [-0.2, 0) is 27.8 Å². The van der Waals surface area contributed by atoms with Gasteiger partial charge >= 0.3 is 0 Å². The number of ether oxygens (including phenoxy) is 1. The number of benzene rings is 2. The summed E-state index contributed by atoms with van der Waals surface area (Å²) in [6.45, 7) is 0.138. The summed E-state index contributed by atoms with van der Waals surface area (Å²) in [7, 11) is -2.74. The van der Waals surface area contributed by atoms with Crippen molar-refractivity contribution in [2.75, 3.05) is 7.11 Å². The minimum atomic E-state index is -4.11. The van der Waals surface area contributed by atoms with Crippen molar-refractivity contribution in [3.05, 3.63) is 83.3 Å². The first-order valence-corrected chi connectivity index (χ1v) is 10.9. The lowest BCUT2D eigenvalue weighted by atomic mass is 10.1. The fourth-order valence-corrected chi connectivity index (χ4v) is 4.49. The second-order valence-electron chi connectivity index (χ2n) is 6.46. The fourth-order valence-electron chi connectivity index (χ4n) is 2.86. The van der Waals surface area contributed by atoms with Crippen LogP contribution in [0.25, 0.3) is 0 Å². The summed E-state index contributed by atoms with van der Waals surface area (Å²) < 4.78 is 39.0. The van der Waals surface area contributed by atoms with Crippen LogP contribution in [0, 0.1) is 0 Å². The number of furan rings is 1. The maximum Gasteiger partial charge on any atom is 0.245 e. The van der Waals surface area contributed by atoms with Crippen molar-refractivity contribution in [1.29, 1.82) is 0 Å². The van der Waals surface area contributed by atoms with E-state index in [0.717, 1.165) is 5.56 Å². The molecule has 0 saturated heterocycles.